The molecule has 4 aromatic rings. The predicted molar refractivity (Wildman–Crippen MR) is 85.5 cm³/mol. The van der Waals surface area contributed by atoms with Gasteiger partial charge in [0.25, 0.3) is 5.91 Å². The van der Waals surface area contributed by atoms with Gasteiger partial charge < -0.3 is 0 Å². The fourth-order valence-electron chi connectivity index (χ4n) is 2.37. The van der Waals surface area contributed by atoms with E-state index in [0.717, 1.165) is 10.2 Å². The molecule has 0 atom stereocenters. The average molecular weight is 329 g/mol. The van der Waals surface area contributed by atoms with Crippen LogP contribution in [0.2, 0.25) is 0 Å². The summed E-state index contributed by atoms with van der Waals surface area (Å²) in [5, 5.41) is 0. The predicted octanol–water partition coefficient (Wildman–Crippen LogP) is 3.91. The molecule has 2 aromatic carbocycles. The summed E-state index contributed by atoms with van der Waals surface area (Å²) < 4.78 is 17.9. The number of para-hydroxylation sites is 1. The van der Waals surface area contributed by atoms with Crippen molar-refractivity contribution in [1.82, 2.24) is 14.2 Å². The second-order valence-electron chi connectivity index (χ2n) is 4.66. The summed E-state index contributed by atoms with van der Waals surface area (Å²) in [4.78, 5) is 17.6. The first kappa shape index (κ1) is 13.3. The summed E-state index contributed by atoms with van der Waals surface area (Å²) in [6.07, 6.45) is 0. The van der Waals surface area contributed by atoms with Crippen LogP contribution < -0.4 is 0 Å². The lowest BCUT2D eigenvalue weighted by Crippen LogP contribution is -2.18. The van der Waals surface area contributed by atoms with Crippen LogP contribution in [-0.2, 0) is 0 Å². The van der Waals surface area contributed by atoms with E-state index in [9.17, 15) is 9.18 Å². The Morgan fingerprint density at radius 3 is 2.68 bits per heavy atom. The lowest BCUT2D eigenvalue weighted by molar-refractivity contribution is 0.0935. The third-order valence-corrected chi connectivity index (χ3v) is 4.62. The molecule has 0 fully saturated rings. The van der Waals surface area contributed by atoms with Gasteiger partial charge in [-0.25, -0.2) is 8.91 Å². The Morgan fingerprint density at radius 2 is 1.86 bits per heavy atom. The van der Waals surface area contributed by atoms with Crippen molar-refractivity contribution < 1.29 is 9.18 Å². The van der Waals surface area contributed by atoms with Gasteiger partial charge >= 0.3 is 0 Å². The molecule has 2 aromatic heterocycles. The van der Waals surface area contributed by atoms with E-state index in [-0.39, 0.29) is 10.3 Å². The van der Waals surface area contributed by atoms with Crippen LogP contribution in [0.4, 0.5) is 4.39 Å². The van der Waals surface area contributed by atoms with Crippen molar-refractivity contribution in [3.63, 3.8) is 0 Å². The Labute approximate surface area is 133 Å². The lowest BCUT2D eigenvalue weighted by Gasteiger charge is -2.05. The van der Waals surface area contributed by atoms with Gasteiger partial charge in [-0.2, -0.15) is 9.67 Å². The van der Waals surface area contributed by atoms with Crippen molar-refractivity contribution in [3.05, 3.63) is 64.7 Å². The number of fused-ring (bicyclic) bond motifs is 3. The van der Waals surface area contributed by atoms with E-state index in [1.165, 1.54) is 34.2 Å². The van der Waals surface area contributed by atoms with Gasteiger partial charge in [-0.05, 0) is 36.5 Å². The Morgan fingerprint density at radius 1 is 1.14 bits per heavy atom. The van der Waals surface area contributed by atoms with E-state index in [2.05, 4.69) is 4.98 Å². The molecule has 108 valence electrons. The standard InChI is InChI=1S/C15H8FN3OS2/c16-10-6-2-1-5-9(10)13(20)19-14(21)17-15-18(19)11-7-3-4-8-12(11)22-15/h1-8H. The Kier molecular flexibility index (Phi) is 2.91. The maximum atomic E-state index is 13.9. The normalized spacial score (nSPS) is 11.3. The van der Waals surface area contributed by atoms with Crippen molar-refractivity contribution in [2.24, 2.45) is 0 Å². The van der Waals surface area contributed by atoms with Crippen molar-refractivity contribution in [2.75, 3.05) is 0 Å². The zero-order valence-electron chi connectivity index (χ0n) is 11.1. The quantitative estimate of drug-likeness (QED) is 0.497. The van der Waals surface area contributed by atoms with Gasteiger partial charge in [0.2, 0.25) is 9.73 Å². The molecule has 0 saturated heterocycles. The molecule has 0 aliphatic carbocycles. The minimum absolute atomic E-state index is 0.0318. The van der Waals surface area contributed by atoms with Gasteiger partial charge in [-0.1, -0.05) is 35.6 Å². The second kappa shape index (κ2) is 4.82. The maximum Gasteiger partial charge on any atom is 0.282 e. The number of carbonyl (C=O) groups is 1. The fraction of sp³-hybridized carbons (Fsp3) is 0. The third kappa shape index (κ3) is 1.83. The van der Waals surface area contributed by atoms with Crippen LogP contribution in [0.15, 0.2) is 48.5 Å². The molecular formula is C15H8FN3OS2. The van der Waals surface area contributed by atoms with Crippen molar-refractivity contribution in [3.8, 4) is 0 Å². The van der Waals surface area contributed by atoms with Gasteiger partial charge in [0, 0.05) is 0 Å². The van der Waals surface area contributed by atoms with E-state index in [1.54, 1.807) is 10.6 Å². The summed E-state index contributed by atoms with van der Waals surface area (Å²) in [7, 11) is 0. The first-order valence-electron chi connectivity index (χ1n) is 6.45. The van der Waals surface area contributed by atoms with Gasteiger partial charge in [-0.15, -0.1) is 0 Å². The zero-order valence-corrected chi connectivity index (χ0v) is 12.7. The van der Waals surface area contributed by atoms with Crippen LogP contribution >= 0.6 is 23.6 Å². The Hall–Kier alpha value is -2.38. The number of hydrogen-bond donors (Lipinski definition) is 0. The highest BCUT2D eigenvalue weighted by molar-refractivity contribution is 7.71. The zero-order chi connectivity index (χ0) is 15.3. The van der Waals surface area contributed by atoms with Gasteiger partial charge in [0.1, 0.15) is 5.82 Å². The highest BCUT2D eigenvalue weighted by atomic mass is 32.1. The van der Waals surface area contributed by atoms with Crippen molar-refractivity contribution in [1.29, 1.82) is 0 Å². The molecule has 0 aliphatic rings. The highest BCUT2D eigenvalue weighted by Gasteiger charge is 2.20. The summed E-state index contributed by atoms with van der Waals surface area (Å²) in [6, 6.07) is 13.4. The summed E-state index contributed by atoms with van der Waals surface area (Å²) >= 11 is 6.62. The summed E-state index contributed by atoms with van der Waals surface area (Å²) in [5.74, 6) is -1.11. The molecule has 4 nitrogen and oxygen atoms in total. The van der Waals surface area contributed by atoms with Crippen LogP contribution in [0.1, 0.15) is 10.4 Å². The number of halogens is 1. The molecule has 0 spiro atoms. The number of benzene rings is 2. The highest BCUT2D eigenvalue weighted by Crippen LogP contribution is 2.26. The first-order valence-corrected chi connectivity index (χ1v) is 7.68. The number of rotatable bonds is 1. The van der Waals surface area contributed by atoms with Crippen LogP contribution in [0.3, 0.4) is 0 Å². The minimum atomic E-state index is -0.580. The van der Waals surface area contributed by atoms with E-state index < -0.39 is 11.7 Å². The molecule has 0 unspecified atom stereocenters. The van der Waals surface area contributed by atoms with Gasteiger partial charge in [0.05, 0.1) is 15.8 Å². The molecule has 22 heavy (non-hydrogen) atoms. The Bertz CT molecular complexity index is 1090. The number of aromatic nitrogens is 3. The monoisotopic (exact) mass is 329 g/mol. The third-order valence-electron chi connectivity index (χ3n) is 3.34. The molecular weight excluding hydrogens is 321 g/mol. The molecule has 0 bridgehead atoms. The fourth-order valence-corrected chi connectivity index (χ4v) is 3.68. The van der Waals surface area contributed by atoms with Gasteiger partial charge in [-0.3, -0.25) is 4.79 Å². The molecule has 7 heteroatoms. The molecule has 0 aliphatic heterocycles. The SMILES string of the molecule is O=C(c1ccccc1F)n1c(=S)nc2sc3ccccc3n21. The van der Waals surface area contributed by atoms with Crippen LogP contribution in [0.5, 0.6) is 0 Å². The van der Waals surface area contributed by atoms with Crippen molar-refractivity contribution >= 4 is 44.6 Å². The van der Waals surface area contributed by atoms with E-state index in [4.69, 9.17) is 12.2 Å². The molecule has 4 rings (SSSR count). The largest absolute Gasteiger partial charge is 0.282 e. The summed E-state index contributed by atoms with van der Waals surface area (Å²) in [5.41, 5.74) is 0.784. The van der Waals surface area contributed by atoms with E-state index >= 15 is 0 Å². The number of carbonyl (C=O) groups excluding carboxylic acids is 1. The van der Waals surface area contributed by atoms with Crippen LogP contribution in [-0.4, -0.2) is 20.1 Å². The van der Waals surface area contributed by atoms with Crippen molar-refractivity contribution in [2.45, 2.75) is 0 Å². The number of hydrogen-bond acceptors (Lipinski definition) is 4. The Balaban J connectivity index is 2.06. The average Bonchev–Trinajstić information content (AvgIpc) is 3.01. The van der Waals surface area contributed by atoms with E-state index in [1.807, 2.05) is 24.3 Å². The molecule has 0 radical (unpaired) electrons. The molecule has 0 amide bonds. The van der Waals surface area contributed by atoms with E-state index in [0.29, 0.717) is 4.96 Å². The van der Waals surface area contributed by atoms with Crippen LogP contribution in [0, 0.1) is 10.6 Å². The minimum Gasteiger partial charge on any atom is -0.267 e. The topological polar surface area (TPSA) is 39.3 Å². The smallest absolute Gasteiger partial charge is 0.267 e. The van der Waals surface area contributed by atoms with Gasteiger partial charge in [0.15, 0.2) is 0 Å². The van der Waals surface area contributed by atoms with Crippen LogP contribution in [0.25, 0.3) is 15.2 Å². The lowest BCUT2D eigenvalue weighted by atomic mass is 10.2. The summed E-state index contributed by atoms with van der Waals surface area (Å²) in [6.45, 7) is 0. The molecule has 0 N–H and O–H groups in total. The molecule has 2 heterocycles. The molecule has 0 saturated carbocycles. The number of thiazole rings is 1. The first-order chi connectivity index (χ1) is 10.7. The maximum absolute atomic E-state index is 13.9. The second-order valence-corrected chi connectivity index (χ2v) is 6.03. The number of nitrogens with zero attached hydrogens (tertiary/aromatic N) is 3.